The summed E-state index contributed by atoms with van der Waals surface area (Å²) < 4.78 is 6.32. The van der Waals surface area contributed by atoms with Crippen molar-refractivity contribution >= 4 is 11.9 Å². The van der Waals surface area contributed by atoms with Crippen molar-refractivity contribution in [2.45, 2.75) is 13.0 Å². The Kier molecular flexibility index (Phi) is 4.10. The number of carboxylic acids is 1. The minimum Gasteiger partial charge on any atom is -0.476 e. The van der Waals surface area contributed by atoms with Crippen molar-refractivity contribution in [3.8, 4) is 0 Å². The Bertz CT molecular complexity index is 473. The van der Waals surface area contributed by atoms with Gasteiger partial charge < -0.3 is 14.7 Å². The molecular formula is C11H16N4O4. The van der Waals surface area contributed by atoms with Gasteiger partial charge in [-0.05, 0) is 6.42 Å². The Morgan fingerprint density at radius 3 is 3.00 bits per heavy atom. The summed E-state index contributed by atoms with van der Waals surface area (Å²) in [6.45, 7) is 2.04. The van der Waals surface area contributed by atoms with Crippen LogP contribution in [0.25, 0.3) is 0 Å². The zero-order valence-electron chi connectivity index (χ0n) is 10.7. The van der Waals surface area contributed by atoms with E-state index in [2.05, 4.69) is 10.3 Å². The van der Waals surface area contributed by atoms with Gasteiger partial charge in [-0.25, -0.2) is 9.48 Å². The summed E-state index contributed by atoms with van der Waals surface area (Å²) in [5, 5.41) is 15.8. The second-order valence-corrected chi connectivity index (χ2v) is 4.56. The molecule has 0 aromatic carbocycles. The highest BCUT2D eigenvalue weighted by Gasteiger charge is 2.26. The lowest BCUT2D eigenvalue weighted by atomic mass is 10.1. The molecule has 1 N–H and O–H groups in total. The van der Waals surface area contributed by atoms with Gasteiger partial charge in [0.2, 0.25) is 5.91 Å². The molecule has 104 valence electrons. The lowest BCUT2D eigenvalue weighted by molar-refractivity contribution is -0.131. The van der Waals surface area contributed by atoms with Gasteiger partial charge in [0.25, 0.3) is 0 Å². The second-order valence-electron chi connectivity index (χ2n) is 4.56. The predicted molar refractivity (Wildman–Crippen MR) is 63.5 cm³/mol. The Morgan fingerprint density at radius 2 is 2.37 bits per heavy atom. The summed E-state index contributed by atoms with van der Waals surface area (Å²) in [5.74, 6) is -0.861. The number of likely N-dealkylation sites (tertiary alicyclic amines) is 1. The van der Waals surface area contributed by atoms with Crippen LogP contribution in [-0.2, 0) is 16.1 Å². The number of ether oxygens (including phenoxy) is 1. The standard InChI is InChI=1S/C11H16N4O4/c1-19-7-8-2-3-14(4-8)10(16)6-15-5-9(11(17)18)12-13-15/h5,8H,2-4,6-7H2,1H3,(H,17,18). The maximum atomic E-state index is 12.0. The maximum absolute atomic E-state index is 12.0. The van der Waals surface area contributed by atoms with Crippen LogP contribution in [0.1, 0.15) is 16.9 Å². The summed E-state index contributed by atoms with van der Waals surface area (Å²) in [6.07, 6.45) is 2.18. The first-order valence-electron chi connectivity index (χ1n) is 6.00. The first-order chi connectivity index (χ1) is 9.10. The van der Waals surface area contributed by atoms with Crippen LogP contribution in [0.15, 0.2) is 6.20 Å². The smallest absolute Gasteiger partial charge is 0.358 e. The fourth-order valence-corrected chi connectivity index (χ4v) is 2.14. The molecule has 1 atom stereocenters. The van der Waals surface area contributed by atoms with Gasteiger partial charge in [-0.1, -0.05) is 5.21 Å². The van der Waals surface area contributed by atoms with Crippen molar-refractivity contribution in [3.05, 3.63) is 11.9 Å². The first kappa shape index (κ1) is 13.5. The average molecular weight is 268 g/mol. The Morgan fingerprint density at radius 1 is 1.58 bits per heavy atom. The first-order valence-corrected chi connectivity index (χ1v) is 6.00. The van der Waals surface area contributed by atoms with Gasteiger partial charge in [-0.15, -0.1) is 5.10 Å². The molecule has 0 bridgehead atoms. The molecule has 0 saturated carbocycles. The summed E-state index contributed by atoms with van der Waals surface area (Å²) in [7, 11) is 1.65. The van der Waals surface area contributed by atoms with Gasteiger partial charge in [0.05, 0.1) is 12.8 Å². The molecule has 0 aliphatic carbocycles. The number of rotatable bonds is 5. The molecule has 8 heteroatoms. The van der Waals surface area contributed by atoms with Crippen molar-refractivity contribution in [1.82, 2.24) is 19.9 Å². The highest BCUT2D eigenvalue weighted by molar-refractivity contribution is 5.84. The minimum atomic E-state index is -1.15. The molecule has 1 aliphatic rings. The van der Waals surface area contributed by atoms with E-state index < -0.39 is 5.97 Å². The normalized spacial score (nSPS) is 18.8. The number of nitrogens with zero attached hydrogens (tertiary/aromatic N) is 4. The molecule has 1 unspecified atom stereocenters. The number of hydrogen-bond donors (Lipinski definition) is 1. The third-order valence-electron chi connectivity index (χ3n) is 3.10. The molecule has 19 heavy (non-hydrogen) atoms. The largest absolute Gasteiger partial charge is 0.476 e. The SMILES string of the molecule is COCC1CCN(C(=O)Cn2cc(C(=O)O)nn2)C1. The topological polar surface area (TPSA) is 97.5 Å². The third-order valence-corrected chi connectivity index (χ3v) is 3.10. The van der Waals surface area contributed by atoms with E-state index in [4.69, 9.17) is 9.84 Å². The van der Waals surface area contributed by atoms with Crippen LogP contribution in [0.4, 0.5) is 0 Å². The number of carbonyl (C=O) groups excluding carboxylic acids is 1. The molecular weight excluding hydrogens is 252 g/mol. The molecule has 1 aromatic heterocycles. The Hall–Kier alpha value is -1.96. The lowest BCUT2D eigenvalue weighted by Crippen LogP contribution is -2.32. The molecule has 1 fully saturated rings. The monoisotopic (exact) mass is 268 g/mol. The molecule has 2 rings (SSSR count). The number of amides is 1. The van der Waals surface area contributed by atoms with Gasteiger partial charge in [0.15, 0.2) is 5.69 Å². The molecule has 8 nitrogen and oxygen atoms in total. The van der Waals surface area contributed by atoms with Crippen molar-refractivity contribution < 1.29 is 19.4 Å². The van der Waals surface area contributed by atoms with Crippen LogP contribution >= 0.6 is 0 Å². The van der Waals surface area contributed by atoms with Crippen LogP contribution in [0, 0.1) is 5.92 Å². The van der Waals surface area contributed by atoms with Crippen molar-refractivity contribution in [2.75, 3.05) is 26.8 Å². The van der Waals surface area contributed by atoms with Crippen LogP contribution in [0.3, 0.4) is 0 Å². The number of aromatic carboxylic acids is 1. The van der Waals surface area contributed by atoms with Crippen molar-refractivity contribution in [1.29, 1.82) is 0 Å². The van der Waals surface area contributed by atoms with Crippen LogP contribution in [0.5, 0.6) is 0 Å². The molecule has 1 aliphatic heterocycles. The van der Waals surface area contributed by atoms with E-state index in [1.807, 2.05) is 0 Å². The summed E-state index contributed by atoms with van der Waals surface area (Å²) >= 11 is 0. The van der Waals surface area contributed by atoms with Gasteiger partial charge in [-0.3, -0.25) is 4.79 Å². The molecule has 1 saturated heterocycles. The van der Waals surface area contributed by atoms with Crippen LogP contribution < -0.4 is 0 Å². The van der Waals surface area contributed by atoms with Gasteiger partial charge >= 0.3 is 5.97 Å². The quantitative estimate of drug-likeness (QED) is 0.771. The Labute approximate surface area is 109 Å². The predicted octanol–water partition coefficient (Wildman–Crippen LogP) is -0.529. The molecule has 2 heterocycles. The average Bonchev–Trinajstić information content (AvgIpc) is 2.98. The zero-order valence-corrected chi connectivity index (χ0v) is 10.7. The Balaban J connectivity index is 1.89. The summed E-state index contributed by atoms with van der Waals surface area (Å²) in [5.41, 5.74) is -0.161. The highest BCUT2D eigenvalue weighted by Crippen LogP contribution is 2.16. The van der Waals surface area contributed by atoms with E-state index in [1.54, 1.807) is 12.0 Å². The summed E-state index contributed by atoms with van der Waals surface area (Å²) in [6, 6.07) is 0. The second kappa shape index (κ2) is 5.79. The molecule has 1 amide bonds. The molecule has 0 radical (unpaired) electrons. The van der Waals surface area contributed by atoms with E-state index in [0.29, 0.717) is 25.6 Å². The number of hydrogen-bond acceptors (Lipinski definition) is 5. The van der Waals surface area contributed by atoms with E-state index >= 15 is 0 Å². The molecule has 0 spiro atoms. The van der Waals surface area contributed by atoms with Gasteiger partial charge in [-0.2, -0.15) is 0 Å². The maximum Gasteiger partial charge on any atom is 0.358 e. The van der Waals surface area contributed by atoms with E-state index in [1.165, 1.54) is 10.9 Å². The van der Waals surface area contributed by atoms with Crippen molar-refractivity contribution in [2.24, 2.45) is 5.92 Å². The number of carboxylic acid groups (broad SMARTS) is 1. The fraction of sp³-hybridized carbons (Fsp3) is 0.636. The fourth-order valence-electron chi connectivity index (χ4n) is 2.14. The van der Waals surface area contributed by atoms with Crippen molar-refractivity contribution in [3.63, 3.8) is 0 Å². The van der Waals surface area contributed by atoms with Gasteiger partial charge in [0, 0.05) is 26.1 Å². The lowest BCUT2D eigenvalue weighted by Gasteiger charge is -2.16. The van der Waals surface area contributed by atoms with Crippen LogP contribution in [-0.4, -0.2) is 63.7 Å². The number of aromatic nitrogens is 3. The number of methoxy groups -OCH3 is 1. The summed E-state index contributed by atoms with van der Waals surface area (Å²) in [4.78, 5) is 24.4. The van der Waals surface area contributed by atoms with E-state index in [9.17, 15) is 9.59 Å². The van der Waals surface area contributed by atoms with E-state index in [-0.39, 0.29) is 18.1 Å². The number of carbonyl (C=O) groups is 2. The zero-order chi connectivity index (χ0) is 13.8. The van der Waals surface area contributed by atoms with Gasteiger partial charge in [0.1, 0.15) is 6.54 Å². The van der Waals surface area contributed by atoms with Crippen LogP contribution in [0.2, 0.25) is 0 Å². The van der Waals surface area contributed by atoms with E-state index in [0.717, 1.165) is 6.42 Å². The minimum absolute atomic E-state index is 0.0139. The third kappa shape index (κ3) is 3.28. The highest BCUT2D eigenvalue weighted by atomic mass is 16.5. The molecule has 1 aromatic rings.